The summed E-state index contributed by atoms with van der Waals surface area (Å²) in [6.45, 7) is 8.15. The monoisotopic (exact) mass is 226 g/mol. The Labute approximate surface area is 99.4 Å². The Morgan fingerprint density at radius 2 is 2.12 bits per heavy atom. The van der Waals surface area contributed by atoms with E-state index in [1.807, 2.05) is 0 Å². The molecule has 2 atom stereocenters. The van der Waals surface area contributed by atoms with Gasteiger partial charge in [-0.1, -0.05) is 27.2 Å². The van der Waals surface area contributed by atoms with Gasteiger partial charge in [-0.05, 0) is 24.7 Å². The molecule has 1 aliphatic carbocycles. The fourth-order valence-electron chi connectivity index (χ4n) is 2.33. The zero-order valence-electron chi connectivity index (χ0n) is 10.9. The standard InChI is InChI=1S/C13H26N2O/c1-10(2)14-7-6-13(16)15-9-12-5-4-11(3)8-12/h10-12,14H,4-9H2,1-3H3,(H,15,16). The highest BCUT2D eigenvalue weighted by molar-refractivity contribution is 5.76. The maximum absolute atomic E-state index is 11.5. The molecule has 0 aromatic rings. The maximum Gasteiger partial charge on any atom is 0.221 e. The number of amides is 1. The predicted molar refractivity (Wildman–Crippen MR) is 67.3 cm³/mol. The Morgan fingerprint density at radius 3 is 2.69 bits per heavy atom. The molecule has 1 rings (SSSR count). The second kappa shape index (κ2) is 6.89. The predicted octanol–water partition coefficient (Wildman–Crippen LogP) is 1.93. The highest BCUT2D eigenvalue weighted by atomic mass is 16.1. The van der Waals surface area contributed by atoms with Crippen molar-refractivity contribution in [1.29, 1.82) is 0 Å². The fourth-order valence-corrected chi connectivity index (χ4v) is 2.33. The van der Waals surface area contributed by atoms with Crippen molar-refractivity contribution in [2.75, 3.05) is 13.1 Å². The minimum atomic E-state index is 0.188. The fraction of sp³-hybridized carbons (Fsp3) is 0.923. The molecular formula is C13H26N2O. The first-order valence-electron chi connectivity index (χ1n) is 6.58. The van der Waals surface area contributed by atoms with Crippen LogP contribution in [0.1, 0.15) is 46.5 Å². The van der Waals surface area contributed by atoms with Crippen molar-refractivity contribution in [3.8, 4) is 0 Å². The van der Waals surface area contributed by atoms with Crippen molar-refractivity contribution in [2.24, 2.45) is 11.8 Å². The maximum atomic E-state index is 11.5. The van der Waals surface area contributed by atoms with Gasteiger partial charge in [0.1, 0.15) is 0 Å². The molecule has 0 aromatic carbocycles. The van der Waals surface area contributed by atoms with Crippen LogP contribution in [0.4, 0.5) is 0 Å². The lowest BCUT2D eigenvalue weighted by Crippen LogP contribution is -2.32. The van der Waals surface area contributed by atoms with E-state index < -0.39 is 0 Å². The number of nitrogens with one attached hydrogen (secondary N) is 2. The average Bonchev–Trinajstić information content (AvgIpc) is 2.61. The Morgan fingerprint density at radius 1 is 1.38 bits per heavy atom. The molecule has 2 unspecified atom stereocenters. The van der Waals surface area contributed by atoms with Gasteiger partial charge in [0.05, 0.1) is 0 Å². The summed E-state index contributed by atoms with van der Waals surface area (Å²) in [6, 6.07) is 0.462. The van der Waals surface area contributed by atoms with Crippen LogP contribution in [0, 0.1) is 11.8 Å². The van der Waals surface area contributed by atoms with Crippen LogP contribution in [0.25, 0.3) is 0 Å². The summed E-state index contributed by atoms with van der Waals surface area (Å²) < 4.78 is 0. The van der Waals surface area contributed by atoms with Gasteiger partial charge in [-0.2, -0.15) is 0 Å². The lowest BCUT2D eigenvalue weighted by atomic mass is 10.1. The SMILES string of the molecule is CC1CCC(CNC(=O)CCNC(C)C)C1. The lowest BCUT2D eigenvalue weighted by Gasteiger charge is -2.12. The molecule has 2 N–H and O–H groups in total. The van der Waals surface area contributed by atoms with E-state index in [1.54, 1.807) is 0 Å². The minimum absolute atomic E-state index is 0.188. The van der Waals surface area contributed by atoms with E-state index in [1.165, 1.54) is 19.3 Å². The van der Waals surface area contributed by atoms with Gasteiger partial charge in [-0.15, -0.1) is 0 Å². The molecule has 94 valence electrons. The average molecular weight is 226 g/mol. The largest absolute Gasteiger partial charge is 0.356 e. The van der Waals surface area contributed by atoms with E-state index >= 15 is 0 Å². The number of hydrogen-bond donors (Lipinski definition) is 2. The highest BCUT2D eigenvalue weighted by Crippen LogP contribution is 2.29. The van der Waals surface area contributed by atoms with Crippen molar-refractivity contribution < 1.29 is 4.79 Å². The van der Waals surface area contributed by atoms with Crippen LogP contribution in [0.2, 0.25) is 0 Å². The number of carbonyl (C=O) groups is 1. The molecule has 16 heavy (non-hydrogen) atoms. The topological polar surface area (TPSA) is 41.1 Å². The molecule has 3 heteroatoms. The first kappa shape index (κ1) is 13.5. The van der Waals surface area contributed by atoms with Crippen molar-refractivity contribution in [1.82, 2.24) is 10.6 Å². The van der Waals surface area contributed by atoms with Crippen molar-refractivity contribution in [3.63, 3.8) is 0 Å². The van der Waals surface area contributed by atoms with Gasteiger partial charge in [0, 0.05) is 25.6 Å². The Bertz CT molecular complexity index is 216. The van der Waals surface area contributed by atoms with Crippen LogP contribution in [-0.4, -0.2) is 25.0 Å². The summed E-state index contributed by atoms with van der Waals surface area (Å²) in [6.07, 6.45) is 4.49. The summed E-state index contributed by atoms with van der Waals surface area (Å²) >= 11 is 0. The third-order valence-corrected chi connectivity index (χ3v) is 3.30. The van der Waals surface area contributed by atoms with Gasteiger partial charge in [-0.25, -0.2) is 0 Å². The van der Waals surface area contributed by atoms with Crippen molar-refractivity contribution in [2.45, 2.75) is 52.5 Å². The minimum Gasteiger partial charge on any atom is -0.356 e. The molecule has 1 amide bonds. The van der Waals surface area contributed by atoms with E-state index in [0.29, 0.717) is 12.5 Å². The Hall–Kier alpha value is -0.570. The zero-order chi connectivity index (χ0) is 12.0. The second-order valence-corrected chi connectivity index (χ2v) is 5.45. The van der Waals surface area contributed by atoms with Gasteiger partial charge in [-0.3, -0.25) is 4.79 Å². The molecule has 1 saturated carbocycles. The van der Waals surface area contributed by atoms with E-state index in [4.69, 9.17) is 0 Å². The first-order chi connectivity index (χ1) is 7.58. The normalized spacial score (nSPS) is 25.0. The van der Waals surface area contributed by atoms with Gasteiger partial charge < -0.3 is 10.6 Å². The quantitative estimate of drug-likeness (QED) is 0.726. The summed E-state index contributed by atoms with van der Waals surface area (Å²) in [5, 5.41) is 6.29. The second-order valence-electron chi connectivity index (χ2n) is 5.45. The van der Waals surface area contributed by atoms with Gasteiger partial charge in [0.25, 0.3) is 0 Å². The molecule has 0 radical (unpaired) electrons. The van der Waals surface area contributed by atoms with E-state index in [0.717, 1.165) is 24.9 Å². The molecular weight excluding hydrogens is 200 g/mol. The van der Waals surface area contributed by atoms with E-state index in [9.17, 15) is 4.79 Å². The van der Waals surface area contributed by atoms with Crippen LogP contribution >= 0.6 is 0 Å². The Balaban J connectivity index is 2.02. The van der Waals surface area contributed by atoms with Gasteiger partial charge >= 0.3 is 0 Å². The van der Waals surface area contributed by atoms with Crippen LogP contribution in [0.3, 0.4) is 0 Å². The van der Waals surface area contributed by atoms with Crippen molar-refractivity contribution >= 4 is 5.91 Å². The summed E-state index contributed by atoms with van der Waals surface area (Å²) in [5.74, 6) is 1.76. The van der Waals surface area contributed by atoms with Gasteiger partial charge in [0.15, 0.2) is 0 Å². The highest BCUT2D eigenvalue weighted by Gasteiger charge is 2.21. The van der Waals surface area contributed by atoms with Crippen LogP contribution in [-0.2, 0) is 4.79 Å². The zero-order valence-corrected chi connectivity index (χ0v) is 10.9. The third-order valence-electron chi connectivity index (χ3n) is 3.30. The van der Waals surface area contributed by atoms with Crippen LogP contribution < -0.4 is 10.6 Å². The van der Waals surface area contributed by atoms with E-state index in [2.05, 4.69) is 31.4 Å². The molecule has 0 heterocycles. The number of hydrogen-bond acceptors (Lipinski definition) is 2. The molecule has 0 aliphatic heterocycles. The Kier molecular flexibility index (Phi) is 5.81. The molecule has 1 aliphatic rings. The van der Waals surface area contributed by atoms with Gasteiger partial charge in [0.2, 0.25) is 5.91 Å². The number of rotatable bonds is 6. The van der Waals surface area contributed by atoms with Crippen molar-refractivity contribution in [3.05, 3.63) is 0 Å². The van der Waals surface area contributed by atoms with E-state index in [-0.39, 0.29) is 5.91 Å². The summed E-state index contributed by atoms with van der Waals surface area (Å²) in [4.78, 5) is 11.5. The molecule has 3 nitrogen and oxygen atoms in total. The molecule has 0 aromatic heterocycles. The first-order valence-corrected chi connectivity index (χ1v) is 6.58. The van der Waals surface area contributed by atoms with Crippen LogP contribution in [0.5, 0.6) is 0 Å². The third kappa shape index (κ3) is 5.50. The molecule has 0 bridgehead atoms. The lowest BCUT2D eigenvalue weighted by molar-refractivity contribution is -0.121. The number of carbonyl (C=O) groups excluding carboxylic acids is 1. The smallest absolute Gasteiger partial charge is 0.221 e. The molecule has 0 spiro atoms. The molecule has 0 saturated heterocycles. The van der Waals surface area contributed by atoms with Crippen LogP contribution in [0.15, 0.2) is 0 Å². The summed E-state index contributed by atoms with van der Waals surface area (Å²) in [5.41, 5.74) is 0. The summed E-state index contributed by atoms with van der Waals surface area (Å²) in [7, 11) is 0. The molecule has 1 fully saturated rings.